The van der Waals surface area contributed by atoms with Gasteiger partial charge in [-0.25, -0.2) is 0 Å². The molecular weight excluding hydrogens is 550 g/mol. The number of nitrogens with two attached hydrogens (primary N) is 1. The number of H-pyrrole nitrogens is 1. The Kier molecular flexibility index (Phi) is 10.0. The fourth-order valence-corrected chi connectivity index (χ4v) is 5.12. The van der Waals surface area contributed by atoms with E-state index in [0.717, 1.165) is 24.6 Å². The van der Waals surface area contributed by atoms with Gasteiger partial charge in [0.2, 0.25) is 11.8 Å². The minimum Gasteiger partial charge on any atom is -0.456 e. The summed E-state index contributed by atoms with van der Waals surface area (Å²) < 4.78 is 5.15. The van der Waals surface area contributed by atoms with Gasteiger partial charge in [0.1, 0.15) is 17.8 Å². The van der Waals surface area contributed by atoms with Crippen LogP contribution in [0.15, 0.2) is 24.3 Å². The van der Waals surface area contributed by atoms with Crippen LogP contribution in [-0.2, 0) is 23.9 Å². The smallest absolute Gasteiger partial charge is 0.323 e. The summed E-state index contributed by atoms with van der Waals surface area (Å²) in [6.45, 7) is 3.49. The van der Waals surface area contributed by atoms with Gasteiger partial charge in [-0.15, -0.1) is 0 Å². The van der Waals surface area contributed by atoms with Crippen LogP contribution >= 0.6 is 11.6 Å². The summed E-state index contributed by atoms with van der Waals surface area (Å²) in [5.41, 5.74) is 6.70. The number of amides is 3. The standard InChI is InChI=1S/C29H38ClN5O6/c1-15(2)24(31)29(40)41-14-23(36)20(13-18-6-4-10-32-26(18)37)34-27(38)21(11-16-8-9-16)35-28(39)22-12-17-5-3-7-19(30)25(17)33-22/h3,5,7,12,15-16,18,20-21,24,33H,4,6,8-11,13-14,31H2,1-2H3,(H,32,37)(H,34,38)(H,35,39)/t18-,20-,21-,24-/m0/s1. The maximum Gasteiger partial charge on any atom is 0.323 e. The van der Waals surface area contributed by atoms with Gasteiger partial charge in [0.25, 0.3) is 5.91 Å². The van der Waals surface area contributed by atoms with Gasteiger partial charge in [-0.05, 0) is 49.7 Å². The van der Waals surface area contributed by atoms with E-state index < -0.39 is 54.2 Å². The van der Waals surface area contributed by atoms with Crippen LogP contribution in [0, 0.1) is 17.8 Å². The number of ketones is 1. The third-order valence-electron chi connectivity index (χ3n) is 7.71. The predicted octanol–water partition coefficient (Wildman–Crippen LogP) is 2.22. The number of aromatic amines is 1. The van der Waals surface area contributed by atoms with Crippen molar-refractivity contribution in [1.29, 1.82) is 0 Å². The first-order chi connectivity index (χ1) is 19.5. The number of carbonyl (C=O) groups is 5. The van der Waals surface area contributed by atoms with Crippen molar-refractivity contribution in [2.24, 2.45) is 23.5 Å². The minimum absolute atomic E-state index is 0.0504. The lowest BCUT2D eigenvalue weighted by Gasteiger charge is -2.28. The number of aromatic nitrogens is 1. The van der Waals surface area contributed by atoms with E-state index in [9.17, 15) is 24.0 Å². The summed E-state index contributed by atoms with van der Waals surface area (Å²) in [6.07, 6.45) is 3.65. The number of para-hydroxylation sites is 1. The fraction of sp³-hybridized carbons (Fsp3) is 0.552. The Morgan fingerprint density at radius 1 is 1.10 bits per heavy atom. The molecule has 6 N–H and O–H groups in total. The Hall–Kier alpha value is -3.44. The van der Waals surface area contributed by atoms with Crippen LogP contribution in [-0.4, -0.2) is 65.7 Å². The highest BCUT2D eigenvalue weighted by molar-refractivity contribution is 6.35. The zero-order chi connectivity index (χ0) is 29.7. The highest BCUT2D eigenvalue weighted by Crippen LogP contribution is 2.34. The second kappa shape index (κ2) is 13.5. The van der Waals surface area contributed by atoms with Gasteiger partial charge >= 0.3 is 5.97 Å². The van der Waals surface area contributed by atoms with Crippen LogP contribution in [0.25, 0.3) is 10.9 Å². The summed E-state index contributed by atoms with van der Waals surface area (Å²) in [4.78, 5) is 67.6. The average molecular weight is 588 g/mol. The molecule has 0 spiro atoms. The van der Waals surface area contributed by atoms with Crippen molar-refractivity contribution in [2.75, 3.05) is 13.2 Å². The first kappa shape index (κ1) is 30.5. The normalized spacial score (nSPS) is 19.2. The summed E-state index contributed by atoms with van der Waals surface area (Å²) in [5.74, 6) is -2.88. The first-order valence-corrected chi connectivity index (χ1v) is 14.5. The number of piperidine rings is 1. The van der Waals surface area contributed by atoms with E-state index in [1.165, 1.54) is 0 Å². The molecule has 1 aliphatic heterocycles. The van der Waals surface area contributed by atoms with Crippen molar-refractivity contribution in [3.8, 4) is 0 Å². The van der Waals surface area contributed by atoms with E-state index >= 15 is 0 Å². The van der Waals surface area contributed by atoms with Gasteiger partial charge in [-0.1, -0.05) is 50.4 Å². The molecule has 222 valence electrons. The van der Waals surface area contributed by atoms with E-state index in [-0.39, 0.29) is 29.9 Å². The van der Waals surface area contributed by atoms with Crippen molar-refractivity contribution in [3.63, 3.8) is 0 Å². The number of ether oxygens (including phenoxy) is 1. The molecule has 2 heterocycles. The molecule has 4 atom stereocenters. The van der Waals surface area contributed by atoms with Crippen LogP contribution in [0.2, 0.25) is 5.02 Å². The average Bonchev–Trinajstić information content (AvgIpc) is 3.65. The molecule has 2 aromatic rings. The third kappa shape index (κ3) is 8.07. The van der Waals surface area contributed by atoms with Crippen LogP contribution in [0.4, 0.5) is 0 Å². The van der Waals surface area contributed by atoms with Gasteiger partial charge in [0.05, 0.1) is 16.6 Å². The molecule has 0 radical (unpaired) electrons. The van der Waals surface area contributed by atoms with E-state index in [1.807, 2.05) is 6.07 Å². The number of hydrogen-bond donors (Lipinski definition) is 5. The third-order valence-corrected chi connectivity index (χ3v) is 8.02. The van der Waals surface area contributed by atoms with Gasteiger partial charge in [0.15, 0.2) is 12.4 Å². The number of halogens is 1. The number of hydrogen-bond acceptors (Lipinski definition) is 7. The Morgan fingerprint density at radius 3 is 2.51 bits per heavy atom. The molecule has 41 heavy (non-hydrogen) atoms. The lowest BCUT2D eigenvalue weighted by Crippen LogP contribution is -2.54. The number of benzene rings is 1. The van der Waals surface area contributed by atoms with Crippen molar-refractivity contribution in [2.45, 2.75) is 70.5 Å². The molecule has 1 aliphatic carbocycles. The Morgan fingerprint density at radius 2 is 1.85 bits per heavy atom. The number of nitrogens with one attached hydrogen (secondary N) is 4. The Labute approximate surface area is 243 Å². The number of carbonyl (C=O) groups excluding carboxylic acids is 5. The lowest BCUT2D eigenvalue weighted by molar-refractivity contribution is -0.151. The second-order valence-corrected chi connectivity index (χ2v) is 11.8. The number of fused-ring (bicyclic) bond motifs is 1. The summed E-state index contributed by atoms with van der Waals surface area (Å²) in [5, 5.41) is 9.57. The number of Topliss-reactive ketones (excluding diaryl/α,β-unsaturated/α-hetero) is 1. The van der Waals surface area contributed by atoms with Crippen LogP contribution in [0.3, 0.4) is 0 Å². The maximum atomic E-state index is 13.5. The largest absolute Gasteiger partial charge is 0.456 e. The second-order valence-electron chi connectivity index (χ2n) is 11.4. The molecule has 0 unspecified atom stereocenters. The molecule has 4 rings (SSSR count). The Balaban J connectivity index is 1.47. The minimum atomic E-state index is -1.09. The van der Waals surface area contributed by atoms with Gasteiger partial charge in [-0.2, -0.15) is 0 Å². The van der Waals surface area contributed by atoms with E-state index in [4.69, 9.17) is 22.1 Å². The molecule has 12 heteroatoms. The molecule has 1 aromatic carbocycles. The van der Waals surface area contributed by atoms with Crippen molar-refractivity contribution < 1.29 is 28.7 Å². The SMILES string of the molecule is CC(C)[C@H](N)C(=O)OCC(=O)[C@H](C[C@@H]1CCCNC1=O)NC(=O)[C@H](CC1CC1)NC(=O)c1cc2cccc(Cl)c2[nH]1. The molecule has 1 saturated carbocycles. The summed E-state index contributed by atoms with van der Waals surface area (Å²) in [7, 11) is 0. The topological polar surface area (TPSA) is 172 Å². The number of esters is 1. The molecule has 3 amide bonds. The van der Waals surface area contributed by atoms with Crippen LogP contribution in [0.5, 0.6) is 0 Å². The zero-order valence-electron chi connectivity index (χ0n) is 23.3. The number of rotatable bonds is 13. The monoisotopic (exact) mass is 587 g/mol. The van der Waals surface area contributed by atoms with Gasteiger partial charge in [-0.3, -0.25) is 24.0 Å². The molecule has 1 aromatic heterocycles. The highest BCUT2D eigenvalue weighted by Gasteiger charge is 2.35. The van der Waals surface area contributed by atoms with E-state index in [2.05, 4.69) is 20.9 Å². The molecular formula is C29H38ClN5O6. The van der Waals surface area contributed by atoms with Crippen molar-refractivity contribution in [3.05, 3.63) is 35.0 Å². The molecule has 2 fully saturated rings. The lowest BCUT2D eigenvalue weighted by atomic mass is 9.90. The van der Waals surface area contributed by atoms with Gasteiger partial charge in [0, 0.05) is 17.8 Å². The van der Waals surface area contributed by atoms with E-state index in [1.54, 1.807) is 32.0 Å². The van der Waals surface area contributed by atoms with Crippen LogP contribution < -0.4 is 21.7 Å². The Bertz CT molecular complexity index is 1310. The van der Waals surface area contributed by atoms with Gasteiger partial charge < -0.3 is 31.4 Å². The van der Waals surface area contributed by atoms with Crippen LogP contribution in [0.1, 0.15) is 62.9 Å². The molecule has 11 nitrogen and oxygen atoms in total. The summed E-state index contributed by atoms with van der Waals surface area (Å²) >= 11 is 6.24. The highest BCUT2D eigenvalue weighted by atomic mass is 35.5. The van der Waals surface area contributed by atoms with Crippen molar-refractivity contribution >= 4 is 52.0 Å². The van der Waals surface area contributed by atoms with E-state index in [0.29, 0.717) is 29.9 Å². The quantitative estimate of drug-likeness (QED) is 0.223. The molecule has 0 bridgehead atoms. The molecule has 1 saturated heterocycles. The zero-order valence-corrected chi connectivity index (χ0v) is 24.1. The van der Waals surface area contributed by atoms with Crippen molar-refractivity contribution in [1.82, 2.24) is 20.9 Å². The molecule has 2 aliphatic rings. The fourth-order valence-electron chi connectivity index (χ4n) is 4.90. The predicted molar refractivity (Wildman–Crippen MR) is 153 cm³/mol. The first-order valence-electron chi connectivity index (χ1n) is 14.1. The maximum absolute atomic E-state index is 13.5. The summed E-state index contributed by atoms with van der Waals surface area (Å²) in [6, 6.07) is 4.07.